The lowest BCUT2D eigenvalue weighted by Gasteiger charge is -2.10. The Hall–Kier alpha value is -6.03. The first-order valence-electron chi connectivity index (χ1n) is 16.3. The molecule has 0 amide bonds. The summed E-state index contributed by atoms with van der Waals surface area (Å²) in [5.41, 5.74) is 10.6. The number of benzene rings is 8. The van der Waals surface area contributed by atoms with Crippen molar-refractivity contribution < 1.29 is 0 Å². The van der Waals surface area contributed by atoms with E-state index in [9.17, 15) is 0 Å². The van der Waals surface area contributed by atoms with Gasteiger partial charge in [-0.05, 0) is 104 Å². The van der Waals surface area contributed by atoms with E-state index in [1.54, 1.807) is 11.3 Å². The predicted molar refractivity (Wildman–Crippen MR) is 205 cm³/mol. The quantitative estimate of drug-likeness (QED) is 0.177. The molecule has 10 rings (SSSR count). The lowest BCUT2D eigenvalue weighted by atomic mass is 9.96. The summed E-state index contributed by atoms with van der Waals surface area (Å²) < 4.78 is 3.59. The van der Waals surface area contributed by atoms with Crippen molar-refractivity contribution >= 4 is 64.9 Å². The third-order valence-corrected chi connectivity index (χ3v) is 10.7. The molecule has 2 nitrogen and oxygen atoms in total. The van der Waals surface area contributed by atoms with Crippen LogP contribution in [0.2, 0.25) is 0 Å². The molecule has 0 atom stereocenters. The van der Waals surface area contributed by atoms with Crippen LogP contribution in [-0.4, -0.2) is 9.55 Å². The smallest absolute Gasteiger partial charge is 0.124 e. The summed E-state index contributed by atoms with van der Waals surface area (Å²) >= 11 is 1.74. The fourth-order valence-electron chi connectivity index (χ4n) is 7.23. The van der Waals surface area contributed by atoms with Crippen LogP contribution < -0.4 is 0 Å². The van der Waals surface area contributed by atoms with Crippen LogP contribution in [0.1, 0.15) is 0 Å². The summed E-state index contributed by atoms with van der Waals surface area (Å²) in [7, 11) is 0. The van der Waals surface area contributed by atoms with Gasteiger partial charge in [0.15, 0.2) is 0 Å². The second-order valence-electron chi connectivity index (χ2n) is 12.4. The number of para-hydroxylation sites is 2. The van der Waals surface area contributed by atoms with E-state index in [0.717, 1.165) is 21.8 Å². The maximum atomic E-state index is 4.87. The van der Waals surface area contributed by atoms with Crippen molar-refractivity contribution in [3.05, 3.63) is 170 Å². The minimum absolute atomic E-state index is 1.05. The minimum Gasteiger partial charge on any atom is -0.309 e. The normalized spacial score (nSPS) is 11.8. The van der Waals surface area contributed by atoms with Gasteiger partial charge in [0.05, 0.1) is 21.3 Å². The number of thiazole rings is 1. The number of aromatic nitrogens is 2. The van der Waals surface area contributed by atoms with Crippen LogP contribution in [0.15, 0.2) is 170 Å². The van der Waals surface area contributed by atoms with Crippen LogP contribution in [-0.2, 0) is 0 Å². The highest BCUT2D eigenvalue weighted by Crippen LogP contribution is 2.37. The molecule has 8 aromatic carbocycles. The Labute approximate surface area is 281 Å². The van der Waals surface area contributed by atoms with E-state index in [-0.39, 0.29) is 0 Å². The fraction of sp³-hybridized carbons (Fsp3) is 0. The average molecular weight is 629 g/mol. The highest BCUT2D eigenvalue weighted by atomic mass is 32.1. The zero-order chi connectivity index (χ0) is 31.6. The van der Waals surface area contributed by atoms with Crippen molar-refractivity contribution in [2.75, 3.05) is 0 Å². The van der Waals surface area contributed by atoms with Gasteiger partial charge in [-0.25, -0.2) is 4.98 Å². The van der Waals surface area contributed by atoms with Crippen molar-refractivity contribution in [2.24, 2.45) is 0 Å². The molecule has 0 aliphatic carbocycles. The molecular weight excluding hydrogens is 601 g/mol. The first-order valence-corrected chi connectivity index (χ1v) is 17.1. The van der Waals surface area contributed by atoms with E-state index in [2.05, 4.69) is 168 Å². The molecule has 3 heteroatoms. The zero-order valence-corrected chi connectivity index (χ0v) is 26.8. The number of nitrogens with zero attached hydrogens (tertiary/aromatic N) is 2. The molecule has 0 radical (unpaired) electrons. The van der Waals surface area contributed by atoms with Crippen LogP contribution in [0.4, 0.5) is 0 Å². The predicted octanol–water partition coefficient (Wildman–Crippen LogP) is 12.7. The molecule has 0 saturated carbocycles. The number of hydrogen-bond donors (Lipinski definition) is 0. The summed E-state index contributed by atoms with van der Waals surface area (Å²) in [6.45, 7) is 0. The van der Waals surface area contributed by atoms with Crippen molar-refractivity contribution in [3.8, 4) is 38.5 Å². The molecule has 0 bridgehead atoms. The molecule has 0 unspecified atom stereocenters. The topological polar surface area (TPSA) is 17.8 Å². The third kappa shape index (κ3) is 4.36. The van der Waals surface area contributed by atoms with Crippen LogP contribution in [0.5, 0.6) is 0 Å². The Bertz CT molecular complexity index is 2790. The lowest BCUT2D eigenvalue weighted by Crippen LogP contribution is -1.93. The summed E-state index contributed by atoms with van der Waals surface area (Å²) in [5.74, 6) is 0. The first-order chi connectivity index (χ1) is 23.8. The van der Waals surface area contributed by atoms with E-state index in [1.807, 2.05) is 6.07 Å². The van der Waals surface area contributed by atoms with Crippen LogP contribution >= 0.6 is 11.3 Å². The molecular formula is C45H28N2S. The van der Waals surface area contributed by atoms with E-state index in [1.165, 1.54) is 70.3 Å². The van der Waals surface area contributed by atoms with E-state index in [4.69, 9.17) is 4.98 Å². The lowest BCUT2D eigenvalue weighted by molar-refractivity contribution is 1.18. The molecule has 10 aromatic rings. The van der Waals surface area contributed by atoms with Gasteiger partial charge in [0.25, 0.3) is 0 Å². The molecule has 0 fully saturated rings. The SMILES string of the molecule is c1ccc2c(c1)ccc1cc(-c3ccc(-c4ccc5c(c4)c4ccccc4n5-c4ccc(-c5nc6ccccc6s5)cc4)cc3)ccc12. The maximum Gasteiger partial charge on any atom is 0.124 e. The van der Waals surface area contributed by atoms with E-state index in [0.29, 0.717) is 0 Å². The molecule has 2 heterocycles. The third-order valence-electron chi connectivity index (χ3n) is 9.64. The van der Waals surface area contributed by atoms with Crippen molar-refractivity contribution in [1.82, 2.24) is 9.55 Å². The molecule has 48 heavy (non-hydrogen) atoms. The second kappa shape index (κ2) is 10.8. The molecule has 224 valence electrons. The Morgan fingerprint density at radius 3 is 1.83 bits per heavy atom. The Morgan fingerprint density at radius 2 is 1.00 bits per heavy atom. The largest absolute Gasteiger partial charge is 0.309 e. The Balaban J connectivity index is 1.00. The molecule has 0 saturated heterocycles. The molecule has 0 aliphatic rings. The van der Waals surface area contributed by atoms with Crippen molar-refractivity contribution in [2.45, 2.75) is 0 Å². The molecule has 2 aromatic heterocycles. The Morgan fingerprint density at radius 1 is 0.396 bits per heavy atom. The first kappa shape index (κ1) is 27.1. The summed E-state index contributed by atoms with van der Waals surface area (Å²) in [6.07, 6.45) is 0. The second-order valence-corrected chi connectivity index (χ2v) is 13.4. The average Bonchev–Trinajstić information content (AvgIpc) is 3.74. The number of hydrogen-bond acceptors (Lipinski definition) is 2. The fourth-order valence-corrected chi connectivity index (χ4v) is 8.20. The van der Waals surface area contributed by atoms with E-state index >= 15 is 0 Å². The van der Waals surface area contributed by atoms with Gasteiger partial charge >= 0.3 is 0 Å². The number of fused-ring (bicyclic) bond motifs is 7. The standard InChI is InChI=1S/C45H28N2S/c1-2-8-37-31(7-1)17-18-35-27-33(21-25-38(35)37)29-13-15-30(16-14-29)34-22-26-43-40(28-34)39-9-3-5-11-42(39)47(43)36-23-19-32(20-24-36)45-46-41-10-4-6-12-44(41)48-45/h1-28H. The summed E-state index contributed by atoms with van der Waals surface area (Å²) in [6, 6.07) is 61.6. The highest BCUT2D eigenvalue weighted by Gasteiger charge is 2.14. The Kier molecular flexibility index (Phi) is 6.08. The van der Waals surface area contributed by atoms with Crippen molar-refractivity contribution in [3.63, 3.8) is 0 Å². The van der Waals surface area contributed by atoms with Gasteiger partial charge in [-0.2, -0.15) is 0 Å². The summed E-state index contributed by atoms with van der Waals surface area (Å²) in [4.78, 5) is 4.87. The number of rotatable bonds is 4. The van der Waals surface area contributed by atoms with Crippen LogP contribution in [0.25, 0.3) is 92.1 Å². The summed E-state index contributed by atoms with van der Waals surface area (Å²) in [5, 5.41) is 8.70. The van der Waals surface area contributed by atoms with Crippen LogP contribution in [0, 0.1) is 0 Å². The molecule has 0 aliphatic heterocycles. The van der Waals surface area contributed by atoms with E-state index < -0.39 is 0 Å². The van der Waals surface area contributed by atoms with Gasteiger partial charge in [-0.1, -0.05) is 109 Å². The van der Waals surface area contributed by atoms with Gasteiger partial charge < -0.3 is 4.57 Å². The monoisotopic (exact) mass is 628 g/mol. The van der Waals surface area contributed by atoms with Gasteiger partial charge in [0, 0.05) is 22.0 Å². The molecule has 0 spiro atoms. The zero-order valence-electron chi connectivity index (χ0n) is 26.0. The van der Waals surface area contributed by atoms with Crippen LogP contribution in [0.3, 0.4) is 0 Å². The van der Waals surface area contributed by atoms with Crippen molar-refractivity contribution in [1.29, 1.82) is 0 Å². The maximum absolute atomic E-state index is 4.87. The highest BCUT2D eigenvalue weighted by molar-refractivity contribution is 7.21. The minimum atomic E-state index is 1.05. The molecule has 0 N–H and O–H groups in total. The van der Waals surface area contributed by atoms with Gasteiger partial charge in [0.2, 0.25) is 0 Å². The van der Waals surface area contributed by atoms with Gasteiger partial charge in [-0.15, -0.1) is 11.3 Å². The van der Waals surface area contributed by atoms with Gasteiger partial charge in [-0.3, -0.25) is 0 Å². The van der Waals surface area contributed by atoms with Gasteiger partial charge in [0.1, 0.15) is 5.01 Å².